The highest BCUT2D eigenvalue weighted by Crippen LogP contribution is 2.24. The van der Waals surface area contributed by atoms with Gasteiger partial charge in [-0.1, -0.05) is 12.1 Å². The lowest BCUT2D eigenvalue weighted by Gasteiger charge is -2.15. The van der Waals surface area contributed by atoms with Crippen LogP contribution in [0.2, 0.25) is 0 Å². The van der Waals surface area contributed by atoms with Crippen molar-refractivity contribution in [1.29, 1.82) is 0 Å². The summed E-state index contributed by atoms with van der Waals surface area (Å²) in [5, 5.41) is 0.551. The second-order valence-electron chi connectivity index (χ2n) is 7.00. The molecular formula is C22H21N3O4. The minimum absolute atomic E-state index is 0.120. The highest BCUT2D eigenvalue weighted by atomic mass is 16.5. The third-order valence-corrected chi connectivity index (χ3v) is 4.91. The van der Waals surface area contributed by atoms with E-state index in [9.17, 15) is 14.4 Å². The van der Waals surface area contributed by atoms with E-state index in [1.165, 1.54) is 0 Å². The van der Waals surface area contributed by atoms with Crippen LogP contribution in [0.15, 0.2) is 53.3 Å². The second-order valence-corrected chi connectivity index (χ2v) is 7.00. The zero-order chi connectivity index (χ0) is 20.2. The number of hydrogen-bond acceptors (Lipinski definition) is 5. The second kappa shape index (κ2) is 8.26. The van der Waals surface area contributed by atoms with Gasteiger partial charge in [0.15, 0.2) is 0 Å². The monoisotopic (exact) mass is 391 g/mol. The molecule has 2 aromatic carbocycles. The van der Waals surface area contributed by atoms with Crippen LogP contribution in [0.25, 0.3) is 10.9 Å². The molecule has 0 atom stereocenters. The molecule has 29 heavy (non-hydrogen) atoms. The van der Waals surface area contributed by atoms with Crippen molar-refractivity contribution in [3.05, 3.63) is 64.7 Å². The number of fused-ring (bicyclic) bond motifs is 1. The van der Waals surface area contributed by atoms with Crippen molar-refractivity contribution in [1.82, 2.24) is 9.97 Å². The number of benzene rings is 2. The summed E-state index contributed by atoms with van der Waals surface area (Å²) in [6.07, 6.45) is 2.65. The summed E-state index contributed by atoms with van der Waals surface area (Å²) in [4.78, 5) is 44.9. The average molecular weight is 391 g/mol. The van der Waals surface area contributed by atoms with E-state index in [-0.39, 0.29) is 23.9 Å². The van der Waals surface area contributed by atoms with Crippen LogP contribution in [-0.2, 0) is 16.0 Å². The van der Waals surface area contributed by atoms with Crippen LogP contribution in [0, 0.1) is 0 Å². The Morgan fingerprint density at radius 2 is 1.90 bits per heavy atom. The van der Waals surface area contributed by atoms with Gasteiger partial charge in [0.1, 0.15) is 11.6 Å². The predicted molar refractivity (Wildman–Crippen MR) is 109 cm³/mol. The van der Waals surface area contributed by atoms with Gasteiger partial charge in [0, 0.05) is 31.5 Å². The predicted octanol–water partition coefficient (Wildman–Crippen LogP) is 2.98. The van der Waals surface area contributed by atoms with E-state index in [1.54, 1.807) is 47.4 Å². The standard InChI is InChI=1S/C22H21N3O4/c26-20-8-4-14-25(20)15-10-12-16(13-11-15)29-21(27)9-3-7-19-23-18-6-2-1-5-17(18)22(28)24-19/h1-2,5-6,10-13H,3-4,7-9,14H2,(H,23,24,28). The van der Waals surface area contributed by atoms with Crippen LogP contribution in [0.4, 0.5) is 5.69 Å². The third kappa shape index (κ3) is 4.34. The van der Waals surface area contributed by atoms with Crippen molar-refractivity contribution in [3.8, 4) is 5.75 Å². The topological polar surface area (TPSA) is 92.4 Å². The number of nitrogens with one attached hydrogen (secondary N) is 1. The number of carbonyl (C=O) groups is 2. The molecule has 7 nitrogen and oxygen atoms in total. The first-order valence-corrected chi connectivity index (χ1v) is 9.69. The number of ether oxygens (including phenoxy) is 1. The summed E-state index contributed by atoms with van der Waals surface area (Å²) in [7, 11) is 0. The number of anilines is 1. The molecule has 7 heteroatoms. The van der Waals surface area contributed by atoms with Crippen molar-refractivity contribution in [2.24, 2.45) is 0 Å². The maximum absolute atomic E-state index is 12.1. The van der Waals surface area contributed by atoms with E-state index in [4.69, 9.17) is 4.74 Å². The van der Waals surface area contributed by atoms with Gasteiger partial charge in [0.2, 0.25) is 5.91 Å². The Bertz CT molecular complexity index is 1100. The van der Waals surface area contributed by atoms with Gasteiger partial charge in [-0.15, -0.1) is 0 Å². The van der Waals surface area contributed by atoms with Gasteiger partial charge in [-0.3, -0.25) is 14.4 Å². The molecule has 1 amide bonds. The van der Waals surface area contributed by atoms with Gasteiger partial charge in [0.05, 0.1) is 10.9 Å². The molecule has 1 aliphatic rings. The lowest BCUT2D eigenvalue weighted by molar-refractivity contribution is -0.134. The fourth-order valence-corrected chi connectivity index (χ4v) is 3.45. The normalized spacial score (nSPS) is 13.8. The van der Waals surface area contributed by atoms with E-state index < -0.39 is 0 Å². The summed E-state index contributed by atoms with van der Waals surface area (Å²) in [6.45, 7) is 0.725. The number of aromatic amines is 1. The maximum Gasteiger partial charge on any atom is 0.311 e. The summed E-state index contributed by atoms with van der Waals surface area (Å²) in [5.74, 6) is 0.775. The SMILES string of the molecule is O=C(CCCc1nc2ccccc2c(=O)[nH]1)Oc1ccc(N2CCCC2=O)cc1. The average Bonchev–Trinajstić information content (AvgIpc) is 3.14. The first kappa shape index (κ1) is 18.9. The Balaban J connectivity index is 1.30. The van der Waals surface area contributed by atoms with Crippen LogP contribution >= 0.6 is 0 Å². The van der Waals surface area contributed by atoms with Crippen LogP contribution in [0.1, 0.15) is 31.5 Å². The number of aryl methyl sites for hydroxylation is 1. The number of rotatable bonds is 6. The van der Waals surface area contributed by atoms with E-state index in [0.717, 1.165) is 18.7 Å². The van der Waals surface area contributed by atoms with Gasteiger partial charge in [-0.2, -0.15) is 0 Å². The molecule has 0 unspecified atom stereocenters. The largest absolute Gasteiger partial charge is 0.427 e. The first-order valence-electron chi connectivity index (χ1n) is 9.69. The quantitative estimate of drug-likeness (QED) is 0.515. The Labute approximate surface area is 167 Å². The highest BCUT2D eigenvalue weighted by Gasteiger charge is 2.21. The number of nitrogens with zero attached hydrogens (tertiary/aromatic N) is 2. The van der Waals surface area contributed by atoms with E-state index in [2.05, 4.69) is 9.97 Å². The first-order chi connectivity index (χ1) is 14.1. The molecule has 1 N–H and O–H groups in total. The lowest BCUT2D eigenvalue weighted by Crippen LogP contribution is -2.23. The lowest BCUT2D eigenvalue weighted by atomic mass is 10.2. The minimum atomic E-state index is -0.349. The van der Waals surface area contributed by atoms with Gasteiger partial charge in [-0.05, 0) is 49.2 Å². The van der Waals surface area contributed by atoms with Crippen molar-refractivity contribution in [2.75, 3.05) is 11.4 Å². The summed E-state index contributed by atoms with van der Waals surface area (Å²) in [5.41, 5.74) is 1.29. The van der Waals surface area contributed by atoms with Crippen molar-refractivity contribution >= 4 is 28.5 Å². The molecule has 0 saturated carbocycles. The molecule has 1 fully saturated rings. The number of aromatic nitrogens is 2. The van der Waals surface area contributed by atoms with Crippen LogP contribution in [0.3, 0.4) is 0 Å². The Kier molecular flexibility index (Phi) is 5.37. The molecule has 0 aliphatic carbocycles. The summed E-state index contributed by atoms with van der Waals surface area (Å²) < 4.78 is 5.36. The summed E-state index contributed by atoms with van der Waals surface area (Å²) in [6, 6.07) is 14.1. The molecule has 0 spiro atoms. The van der Waals surface area contributed by atoms with E-state index >= 15 is 0 Å². The fourth-order valence-electron chi connectivity index (χ4n) is 3.45. The zero-order valence-electron chi connectivity index (χ0n) is 15.9. The summed E-state index contributed by atoms with van der Waals surface area (Å²) >= 11 is 0. The minimum Gasteiger partial charge on any atom is -0.427 e. The van der Waals surface area contributed by atoms with Crippen LogP contribution in [-0.4, -0.2) is 28.4 Å². The van der Waals surface area contributed by atoms with Gasteiger partial charge < -0.3 is 14.6 Å². The molecule has 3 aromatic rings. The van der Waals surface area contributed by atoms with Crippen LogP contribution in [0.5, 0.6) is 5.75 Å². The number of carbonyl (C=O) groups excluding carboxylic acids is 2. The highest BCUT2D eigenvalue weighted by molar-refractivity contribution is 5.95. The molecule has 1 saturated heterocycles. The zero-order valence-corrected chi connectivity index (χ0v) is 15.9. The molecular weight excluding hydrogens is 370 g/mol. The fraction of sp³-hybridized carbons (Fsp3) is 0.273. The number of hydrogen-bond donors (Lipinski definition) is 1. The van der Waals surface area contributed by atoms with Crippen molar-refractivity contribution in [3.63, 3.8) is 0 Å². The molecule has 148 valence electrons. The molecule has 2 heterocycles. The Morgan fingerprint density at radius 1 is 1.10 bits per heavy atom. The molecule has 4 rings (SSSR count). The van der Waals surface area contributed by atoms with Gasteiger partial charge >= 0.3 is 5.97 Å². The van der Waals surface area contributed by atoms with Gasteiger partial charge in [0.25, 0.3) is 5.56 Å². The number of H-pyrrole nitrogens is 1. The van der Waals surface area contributed by atoms with E-state index in [0.29, 0.717) is 41.7 Å². The molecule has 1 aromatic heterocycles. The number of para-hydroxylation sites is 1. The molecule has 0 bridgehead atoms. The Hall–Kier alpha value is -3.48. The van der Waals surface area contributed by atoms with E-state index in [1.807, 2.05) is 6.07 Å². The van der Waals surface area contributed by atoms with Crippen molar-refractivity contribution in [2.45, 2.75) is 32.1 Å². The number of esters is 1. The van der Waals surface area contributed by atoms with Crippen LogP contribution < -0.4 is 15.2 Å². The maximum atomic E-state index is 12.1. The van der Waals surface area contributed by atoms with Gasteiger partial charge in [-0.25, -0.2) is 4.98 Å². The number of amides is 1. The Morgan fingerprint density at radius 3 is 2.66 bits per heavy atom. The molecule has 0 radical (unpaired) electrons. The molecule has 1 aliphatic heterocycles. The van der Waals surface area contributed by atoms with Crippen molar-refractivity contribution < 1.29 is 14.3 Å². The smallest absolute Gasteiger partial charge is 0.311 e. The third-order valence-electron chi connectivity index (χ3n) is 4.91.